The van der Waals surface area contributed by atoms with Gasteiger partial charge in [0.1, 0.15) is 5.82 Å². The van der Waals surface area contributed by atoms with Crippen LogP contribution in [0.25, 0.3) is 0 Å². The van der Waals surface area contributed by atoms with E-state index in [-0.39, 0.29) is 12.5 Å². The van der Waals surface area contributed by atoms with Crippen molar-refractivity contribution < 1.29 is 9.90 Å². The molecule has 3 rings (SSSR count). The van der Waals surface area contributed by atoms with Crippen molar-refractivity contribution in [2.45, 2.75) is 31.3 Å². The maximum atomic E-state index is 12.1. The summed E-state index contributed by atoms with van der Waals surface area (Å²) >= 11 is 0. The molecule has 1 atom stereocenters. The first kappa shape index (κ1) is 17.4. The Labute approximate surface area is 147 Å². The molecular weight excluding hydrogens is 316 g/mol. The zero-order valence-electron chi connectivity index (χ0n) is 14.3. The van der Waals surface area contributed by atoms with Crippen molar-refractivity contribution in [2.75, 3.05) is 24.5 Å². The lowest BCUT2D eigenvalue weighted by Gasteiger charge is -2.39. The van der Waals surface area contributed by atoms with Gasteiger partial charge in [0.25, 0.3) is 0 Å². The number of aromatic nitrogens is 2. The van der Waals surface area contributed by atoms with Crippen molar-refractivity contribution in [1.82, 2.24) is 15.3 Å². The van der Waals surface area contributed by atoms with Gasteiger partial charge in [0.2, 0.25) is 5.91 Å². The Bertz CT molecular complexity index is 680. The van der Waals surface area contributed by atoms with Crippen molar-refractivity contribution in [3.8, 4) is 0 Å². The number of piperidine rings is 1. The summed E-state index contributed by atoms with van der Waals surface area (Å²) in [7, 11) is 0. The van der Waals surface area contributed by atoms with Crippen LogP contribution in [0.15, 0.2) is 48.9 Å². The van der Waals surface area contributed by atoms with Crippen LogP contribution in [0.1, 0.15) is 24.8 Å². The van der Waals surface area contributed by atoms with Gasteiger partial charge in [0, 0.05) is 44.6 Å². The van der Waals surface area contributed by atoms with Gasteiger partial charge in [-0.2, -0.15) is 0 Å². The van der Waals surface area contributed by atoms with E-state index in [1.165, 1.54) is 0 Å². The van der Waals surface area contributed by atoms with Gasteiger partial charge in [-0.3, -0.25) is 9.78 Å². The summed E-state index contributed by atoms with van der Waals surface area (Å²) in [6, 6.07) is 9.58. The SMILES string of the molecule is O=C(CCc1cccnc1)NCC1(O)CCCN(c2ccccn2)C1. The molecule has 0 radical (unpaired) electrons. The highest BCUT2D eigenvalue weighted by Crippen LogP contribution is 2.24. The molecule has 6 nitrogen and oxygen atoms in total. The van der Waals surface area contributed by atoms with Gasteiger partial charge >= 0.3 is 0 Å². The van der Waals surface area contributed by atoms with Crippen LogP contribution >= 0.6 is 0 Å². The second-order valence-electron chi connectivity index (χ2n) is 6.58. The zero-order valence-corrected chi connectivity index (χ0v) is 14.3. The van der Waals surface area contributed by atoms with Crippen molar-refractivity contribution in [3.05, 3.63) is 54.5 Å². The number of amides is 1. The van der Waals surface area contributed by atoms with Crippen LogP contribution in [0, 0.1) is 0 Å². The summed E-state index contributed by atoms with van der Waals surface area (Å²) in [5.41, 5.74) is 0.120. The molecule has 1 aliphatic rings. The fourth-order valence-electron chi connectivity index (χ4n) is 3.15. The summed E-state index contributed by atoms with van der Waals surface area (Å²) in [5.74, 6) is 0.816. The lowest BCUT2D eigenvalue weighted by atomic mass is 9.92. The van der Waals surface area contributed by atoms with E-state index < -0.39 is 5.60 Å². The Morgan fingerprint density at radius 3 is 2.96 bits per heavy atom. The van der Waals surface area contributed by atoms with Gasteiger partial charge in [-0.05, 0) is 43.0 Å². The summed E-state index contributed by atoms with van der Waals surface area (Å²) in [6.45, 7) is 1.61. The molecule has 1 unspecified atom stereocenters. The smallest absolute Gasteiger partial charge is 0.220 e. The maximum absolute atomic E-state index is 12.1. The van der Waals surface area contributed by atoms with Gasteiger partial charge in [-0.15, -0.1) is 0 Å². The number of rotatable bonds is 6. The normalized spacial score (nSPS) is 20.3. The Balaban J connectivity index is 1.48. The zero-order chi connectivity index (χ0) is 17.5. The summed E-state index contributed by atoms with van der Waals surface area (Å²) in [4.78, 5) is 22.6. The number of nitrogens with zero attached hydrogens (tertiary/aromatic N) is 3. The minimum atomic E-state index is -0.917. The highest BCUT2D eigenvalue weighted by Gasteiger charge is 2.34. The monoisotopic (exact) mass is 340 g/mol. The highest BCUT2D eigenvalue weighted by atomic mass is 16.3. The largest absolute Gasteiger partial charge is 0.386 e. The first-order valence-electron chi connectivity index (χ1n) is 8.69. The number of anilines is 1. The Morgan fingerprint density at radius 2 is 2.20 bits per heavy atom. The maximum Gasteiger partial charge on any atom is 0.220 e. The molecule has 25 heavy (non-hydrogen) atoms. The molecule has 1 aliphatic heterocycles. The molecule has 2 aromatic rings. The van der Waals surface area contributed by atoms with E-state index in [2.05, 4.69) is 20.2 Å². The van der Waals surface area contributed by atoms with Crippen LogP contribution in [-0.2, 0) is 11.2 Å². The van der Waals surface area contributed by atoms with Gasteiger partial charge in [-0.25, -0.2) is 4.98 Å². The Morgan fingerprint density at radius 1 is 1.28 bits per heavy atom. The van der Waals surface area contributed by atoms with Crippen molar-refractivity contribution in [3.63, 3.8) is 0 Å². The summed E-state index contributed by atoms with van der Waals surface area (Å²) in [6.07, 6.45) is 7.84. The van der Waals surface area contributed by atoms with Gasteiger partial charge in [0.05, 0.1) is 5.60 Å². The third kappa shape index (κ3) is 5.00. The predicted molar refractivity (Wildman–Crippen MR) is 96.2 cm³/mol. The minimum Gasteiger partial charge on any atom is -0.386 e. The number of aliphatic hydroxyl groups is 1. The highest BCUT2D eigenvalue weighted by molar-refractivity contribution is 5.76. The van der Waals surface area contributed by atoms with Crippen molar-refractivity contribution in [1.29, 1.82) is 0 Å². The number of hydrogen-bond donors (Lipinski definition) is 2. The third-order valence-corrected chi connectivity index (χ3v) is 4.51. The first-order chi connectivity index (χ1) is 12.1. The average molecular weight is 340 g/mol. The van der Waals surface area contributed by atoms with Gasteiger partial charge < -0.3 is 15.3 Å². The predicted octanol–water partition coefficient (Wildman–Crippen LogP) is 1.56. The standard InChI is InChI=1S/C19H24N4O2/c24-18(8-7-16-5-3-10-20-13-16)22-14-19(25)9-4-12-23(15-19)17-6-1-2-11-21-17/h1-3,5-6,10-11,13,25H,4,7-9,12,14-15H2,(H,22,24). The average Bonchev–Trinajstić information content (AvgIpc) is 2.66. The second-order valence-corrected chi connectivity index (χ2v) is 6.58. The van der Waals surface area contributed by atoms with E-state index in [1.54, 1.807) is 18.6 Å². The van der Waals surface area contributed by atoms with Gasteiger partial charge in [0.15, 0.2) is 0 Å². The van der Waals surface area contributed by atoms with Crippen LogP contribution in [0.5, 0.6) is 0 Å². The fourth-order valence-corrected chi connectivity index (χ4v) is 3.15. The minimum absolute atomic E-state index is 0.0489. The molecule has 0 spiro atoms. The number of carbonyl (C=O) groups excluding carboxylic acids is 1. The molecule has 132 valence electrons. The third-order valence-electron chi connectivity index (χ3n) is 4.51. The van der Waals surface area contributed by atoms with Gasteiger partial charge in [-0.1, -0.05) is 12.1 Å². The summed E-state index contributed by atoms with van der Waals surface area (Å²) in [5, 5.41) is 13.7. The molecule has 1 amide bonds. The summed E-state index contributed by atoms with van der Waals surface area (Å²) < 4.78 is 0. The van der Waals surface area contributed by atoms with E-state index in [9.17, 15) is 9.90 Å². The Hall–Kier alpha value is -2.47. The molecule has 0 bridgehead atoms. The fraction of sp³-hybridized carbons (Fsp3) is 0.421. The molecule has 0 aromatic carbocycles. The number of β-amino-alcohol motifs (C(OH)–C–C–N with tert-alkyl or cyclic N) is 1. The van der Waals surface area contributed by atoms with Crippen molar-refractivity contribution in [2.24, 2.45) is 0 Å². The van der Waals surface area contributed by atoms with E-state index in [4.69, 9.17) is 0 Å². The lowest BCUT2D eigenvalue weighted by Crippen LogP contribution is -2.54. The molecule has 1 fully saturated rings. The van der Waals surface area contributed by atoms with Crippen LogP contribution in [0.2, 0.25) is 0 Å². The molecule has 0 aliphatic carbocycles. The van der Waals surface area contributed by atoms with Crippen LogP contribution < -0.4 is 10.2 Å². The second kappa shape index (κ2) is 8.07. The van der Waals surface area contributed by atoms with E-state index in [0.29, 0.717) is 25.8 Å². The molecule has 3 heterocycles. The molecule has 0 saturated carbocycles. The molecular formula is C19H24N4O2. The lowest BCUT2D eigenvalue weighted by molar-refractivity contribution is -0.122. The molecule has 2 N–H and O–H groups in total. The van der Waals surface area contributed by atoms with E-state index >= 15 is 0 Å². The molecule has 2 aromatic heterocycles. The molecule has 6 heteroatoms. The number of aryl methyl sites for hydroxylation is 1. The first-order valence-corrected chi connectivity index (χ1v) is 8.69. The number of hydrogen-bond acceptors (Lipinski definition) is 5. The Kier molecular flexibility index (Phi) is 5.60. The quantitative estimate of drug-likeness (QED) is 0.834. The molecule has 1 saturated heterocycles. The number of carbonyl (C=O) groups is 1. The van der Waals surface area contributed by atoms with Crippen molar-refractivity contribution >= 4 is 11.7 Å². The van der Waals surface area contributed by atoms with Crippen LogP contribution in [-0.4, -0.2) is 46.2 Å². The van der Waals surface area contributed by atoms with E-state index in [1.807, 2.05) is 30.3 Å². The topological polar surface area (TPSA) is 78.3 Å². The van der Waals surface area contributed by atoms with Crippen LogP contribution in [0.3, 0.4) is 0 Å². The van der Waals surface area contributed by atoms with E-state index in [0.717, 1.165) is 24.3 Å². The number of nitrogens with one attached hydrogen (secondary N) is 1. The number of pyridine rings is 2. The van der Waals surface area contributed by atoms with Crippen LogP contribution in [0.4, 0.5) is 5.82 Å².